The van der Waals surface area contributed by atoms with Crippen LogP contribution in [0.15, 0.2) is 42.9 Å². The van der Waals surface area contributed by atoms with Crippen molar-refractivity contribution in [2.24, 2.45) is 10.8 Å². The van der Waals surface area contributed by atoms with Crippen LogP contribution in [0.5, 0.6) is 0 Å². The van der Waals surface area contributed by atoms with Gasteiger partial charge in [-0.1, -0.05) is 65.1 Å². The number of anilines is 2. The highest BCUT2D eigenvalue weighted by molar-refractivity contribution is 8.14. The van der Waals surface area contributed by atoms with Gasteiger partial charge in [-0.25, -0.2) is 32.3 Å². The first kappa shape index (κ1) is 63.0. The minimum absolute atomic E-state index is 0.0420. The summed E-state index contributed by atoms with van der Waals surface area (Å²) in [5.74, 6) is 0.451. The Balaban J connectivity index is 0.000000290. The number of carbonyl (C=O) groups is 2. The Labute approximate surface area is 440 Å². The molecule has 37 heteroatoms. The summed E-state index contributed by atoms with van der Waals surface area (Å²) in [6.45, 7) is 8.64. The van der Waals surface area contributed by atoms with Crippen LogP contribution in [0.1, 0.15) is 52.9 Å². The number of ether oxygens (including phenoxy) is 2. The molecule has 12 N–H and O–H groups in total. The van der Waals surface area contributed by atoms with E-state index in [9.17, 15) is 63.7 Å². The van der Waals surface area contributed by atoms with Crippen LogP contribution < -0.4 is 11.5 Å². The number of hydrogen-bond donors (Lipinski definition) is 10. The van der Waals surface area contributed by atoms with Gasteiger partial charge < -0.3 is 60.9 Å². The minimum atomic E-state index is -5.76. The average molecular weight is 1190 g/mol. The topological polar surface area (TPSA) is 485 Å². The van der Waals surface area contributed by atoms with Crippen molar-refractivity contribution in [2.75, 3.05) is 49.4 Å². The fourth-order valence-corrected chi connectivity index (χ4v) is 13.0. The van der Waals surface area contributed by atoms with Crippen LogP contribution in [0.25, 0.3) is 11.0 Å². The van der Waals surface area contributed by atoms with Crippen molar-refractivity contribution in [3.05, 3.63) is 54.2 Å². The Morgan fingerprint density at radius 1 is 0.697 bits per heavy atom. The third kappa shape index (κ3) is 14.9. The van der Waals surface area contributed by atoms with E-state index in [0.717, 1.165) is 23.5 Å². The molecule has 2 saturated heterocycles. The van der Waals surface area contributed by atoms with Gasteiger partial charge in [0.2, 0.25) is 11.2 Å². The zero-order chi connectivity index (χ0) is 57.0. The van der Waals surface area contributed by atoms with Crippen LogP contribution in [-0.2, 0) is 75.2 Å². The predicted octanol–water partition coefficient (Wildman–Crippen LogP) is 2.02. The number of fused-ring (bicyclic) bond motifs is 2. The van der Waals surface area contributed by atoms with E-state index in [2.05, 4.69) is 28.3 Å². The SMILES string of the molecule is CC(C)(C)C(=O)SCCOP(=O)(OCCSC(=O)C(C)(C)C)OC[C@H]1O[C@@](C#N)(c2ccc3c(N)ncnn23)[C@H](O)[C@@H]1O.N#C[C@@]1(c2ccc3c(N)ccnn23)O[C@H](COP(=O)(O)OP(=O)(O)OP(=O)(O)O)[C@@H](O)[C@H]1O. The fourth-order valence-electron chi connectivity index (χ4n) is 6.93. The zero-order valence-electron chi connectivity index (χ0n) is 40.9. The molecule has 2 fully saturated rings. The third-order valence-electron chi connectivity index (χ3n) is 10.7. The molecule has 10 atom stereocenters. The lowest BCUT2D eigenvalue weighted by molar-refractivity contribution is -0.118. The van der Waals surface area contributed by atoms with Crippen LogP contribution in [0.3, 0.4) is 0 Å². The van der Waals surface area contributed by atoms with Crippen LogP contribution in [0.4, 0.5) is 11.5 Å². The van der Waals surface area contributed by atoms with Crippen molar-refractivity contribution >= 4 is 87.6 Å². The average Bonchev–Trinajstić information content (AvgIpc) is 4.07. The number of phosphoric acid groups is 4. The van der Waals surface area contributed by atoms with Crippen LogP contribution in [0, 0.1) is 33.5 Å². The molecule has 4 aromatic rings. The zero-order valence-corrected chi connectivity index (χ0v) is 46.1. The molecule has 0 aromatic carbocycles. The number of rotatable bonds is 20. The fraction of sp³-hybridized carbons (Fsp3) is 0.564. The smallest absolute Gasteiger partial charge is 0.397 e. The molecule has 76 heavy (non-hydrogen) atoms. The Hall–Kier alpha value is -3.79. The molecular weight excluding hydrogens is 1130 g/mol. The second-order valence-electron chi connectivity index (χ2n) is 18.4. The Morgan fingerprint density at radius 2 is 1.16 bits per heavy atom. The van der Waals surface area contributed by atoms with E-state index >= 15 is 0 Å². The first-order valence-corrected chi connectivity index (χ1v) is 29.9. The molecular formula is C39H55N9O22P4S2. The minimum Gasteiger partial charge on any atom is -0.397 e. The monoisotopic (exact) mass is 1190 g/mol. The third-order valence-corrected chi connectivity index (χ3v) is 18.4. The molecule has 2 aliphatic rings. The molecule has 0 aliphatic carbocycles. The van der Waals surface area contributed by atoms with Gasteiger partial charge >= 0.3 is 31.3 Å². The summed E-state index contributed by atoms with van der Waals surface area (Å²) >= 11 is 2.01. The summed E-state index contributed by atoms with van der Waals surface area (Å²) in [4.78, 5) is 64.1. The van der Waals surface area contributed by atoms with E-state index in [1.54, 1.807) is 47.6 Å². The molecule has 31 nitrogen and oxygen atoms in total. The Kier molecular flexibility index (Phi) is 20.2. The van der Waals surface area contributed by atoms with Gasteiger partial charge in [0.25, 0.3) is 0 Å². The summed E-state index contributed by atoms with van der Waals surface area (Å²) < 4.78 is 89.2. The number of nitrogens with zero attached hydrogens (tertiary/aromatic N) is 7. The molecule has 2 aliphatic heterocycles. The highest BCUT2D eigenvalue weighted by Gasteiger charge is 2.59. The molecule has 0 spiro atoms. The summed E-state index contributed by atoms with van der Waals surface area (Å²) in [6, 6.07) is 10.9. The maximum absolute atomic E-state index is 13.6. The van der Waals surface area contributed by atoms with Gasteiger partial charge in [0.15, 0.2) is 16.0 Å². The van der Waals surface area contributed by atoms with Gasteiger partial charge in [-0.3, -0.25) is 27.7 Å². The maximum atomic E-state index is 13.6. The second kappa shape index (κ2) is 24.3. The molecule has 420 valence electrons. The quantitative estimate of drug-likeness (QED) is 0.0447. The van der Waals surface area contributed by atoms with Gasteiger partial charge in [-0.05, 0) is 30.3 Å². The van der Waals surface area contributed by atoms with E-state index in [1.807, 2.05) is 6.07 Å². The number of aliphatic hydroxyl groups excluding tert-OH is 4. The molecule has 6 rings (SSSR count). The molecule has 0 radical (unpaired) electrons. The van der Waals surface area contributed by atoms with Gasteiger partial charge in [-0.2, -0.15) is 29.3 Å². The number of thioether (sulfide) groups is 2. The van der Waals surface area contributed by atoms with E-state index in [0.29, 0.717) is 11.0 Å². The predicted molar refractivity (Wildman–Crippen MR) is 264 cm³/mol. The lowest BCUT2D eigenvalue weighted by Crippen LogP contribution is -2.41. The van der Waals surface area contributed by atoms with Crippen molar-refractivity contribution in [3.63, 3.8) is 0 Å². The van der Waals surface area contributed by atoms with Gasteiger partial charge in [-0.15, -0.1) is 0 Å². The number of hydrogen-bond acceptors (Lipinski definition) is 27. The van der Waals surface area contributed by atoms with Crippen LogP contribution in [-0.4, -0.2) is 149 Å². The van der Waals surface area contributed by atoms with E-state index in [-0.39, 0.29) is 57.8 Å². The number of nitrogens with two attached hydrogens (primary N) is 2. The second-order valence-corrected chi connectivity index (χ2v) is 26.6. The number of phosphoric ester groups is 2. The maximum Gasteiger partial charge on any atom is 0.490 e. The van der Waals surface area contributed by atoms with Crippen molar-refractivity contribution in [1.29, 1.82) is 10.5 Å². The first-order valence-electron chi connectivity index (χ1n) is 21.9. The first-order chi connectivity index (χ1) is 35.1. The highest BCUT2D eigenvalue weighted by atomic mass is 32.2. The summed E-state index contributed by atoms with van der Waals surface area (Å²) in [5.41, 5.74) is 7.27. The number of nitriles is 2. The van der Waals surface area contributed by atoms with Crippen molar-refractivity contribution in [2.45, 2.75) is 89.4 Å². The van der Waals surface area contributed by atoms with Gasteiger partial charge in [0.1, 0.15) is 60.6 Å². The van der Waals surface area contributed by atoms with E-state index < -0.39 is 103 Å². The van der Waals surface area contributed by atoms with Crippen molar-refractivity contribution in [1.82, 2.24) is 24.2 Å². The normalized spacial score (nSPS) is 25.8. The molecule has 0 saturated carbocycles. The summed E-state index contributed by atoms with van der Waals surface area (Å²) in [7, 11) is -21.2. The van der Waals surface area contributed by atoms with E-state index in [4.69, 9.17) is 49.2 Å². The molecule has 6 heterocycles. The lowest BCUT2D eigenvalue weighted by Gasteiger charge is -2.24. The summed E-state index contributed by atoms with van der Waals surface area (Å²) in [5, 5.41) is 70.4. The van der Waals surface area contributed by atoms with E-state index in [1.165, 1.54) is 51.9 Å². The number of aliphatic hydroxyl groups is 4. The van der Waals surface area contributed by atoms with Gasteiger partial charge in [0, 0.05) is 28.5 Å². The van der Waals surface area contributed by atoms with Crippen molar-refractivity contribution < 1.29 is 104 Å². The largest absolute Gasteiger partial charge is 0.490 e. The van der Waals surface area contributed by atoms with Crippen LogP contribution in [0.2, 0.25) is 0 Å². The molecule has 2 unspecified atom stereocenters. The van der Waals surface area contributed by atoms with Crippen LogP contribution >= 0.6 is 54.8 Å². The number of carbonyl (C=O) groups excluding carboxylic acids is 2. The summed E-state index contributed by atoms with van der Waals surface area (Å²) in [6.07, 6.45) is -7.70. The Bertz CT molecular complexity index is 3010. The van der Waals surface area contributed by atoms with Crippen molar-refractivity contribution in [3.8, 4) is 12.1 Å². The number of nitrogen functional groups attached to an aromatic ring is 2. The number of aromatic nitrogens is 5. The van der Waals surface area contributed by atoms with Gasteiger partial charge in [0.05, 0.1) is 49.0 Å². The lowest BCUT2D eigenvalue weighted by atomic mass is 9.92. The molecule has 4 aromatic heterocycles. The standard InChI is InChI=1S/C26H38N5O9PS2.C13H17N4O13P3/c1-24(2,3)22(34)42-11-9-37-41(36,38-10-12-43-23(35)25(4,5)6)39-13-17-19(32)20(33)26(14-27,40-17)18-8-7-16-21(28)29-15-30-31(16)18;14-6-13(10-2-1-8-7(15)3-4-16-17(8)10)12(19)11(18)9(28-13)5-27-32(23,24)30-33(25,26)29-31(20,21)22/h7-8,15,17,19-20,32-33H,9-13H2,1-6H3,(H2,28,29,30);1-4,9,11-12,18-19H,5,15H2,(H,23,24)(H,25,26)(H2,20,21,22)/t17-,19-,20-,26+;9-,11-,12-,13+/m11/s1. The highest BCUT2D eigenvalue weighted by Crippen LogP contribution is 2.66. The Morgan fingerprint density at radius 3 is 1.62 bits per heavy atom. The molecule has 0 bridgehead atoms. The molecule has 0 amide bonds.